The third kappa shape index (κ3) is 2.45. The van der Waals surface area contributed by atoms with Gasteiger partial charge >= 0.3 is 0 Å². The zero-order chi connectivity index (χ0) is 6.69. The zero-order valence-corrected chi connectivity index (χ0v) is 7.41. The molecule has 0 amide bonds. The summed E-state index contributed by atoms with van der Waals surface area (Å²) in [5, 5.41) is 3.38. The summed E-state index contributed by atoms with van der Waals surface area (Å²) in [6.07, 6.45) is 2.96. The summed E-state index contributed by atoms with van der Waals surface area (Å²) in [5.74, 6) is 0. The molecule has 1 fully saturated rings. The Bertz CT molecular complexity index is 83.7. The maximum Gasteiger partial charge on any atom is 0.0696 e. The van der Waals surface area contributed by atoms with Gasteiger partial charge in [-0.05, 0) is 26.3 Å². The molecule has 62 valence electrons. The van der Waals surface area contributed by atoms with Crippen molar-refractivity contribution in [1.82, 2.24) is 5.32 Å². The third-order valence-corrected chi connectivity index (χ3v) is 2.04. The number of hydrogen-bond acceptors (Lipinski definition) is 2. The fourth-order valence-electron chi connectivity index (χ4n) is 1.28. The normalized spacial score (nSPS) is 27.6. The van der Waals surface area contributed by atoms with Crippen molar-refractivity contribution in [2.45, 2.75) is 31.9 Å². The average Bonchev–Trinajstić information content (AvgIpc) is 2.37. The van der Waals surface area contributed by atoms with E-state index in [0.717, 1.165) is 0 Å². The molecule has 1 rings (SSSR count). The molecule has 2 nitrogen and oxygen atoms in total. The standard InChI is InChI=1S/C7H15NO.ClH/c1-6(9-2)7-4-3-5-8-7;/h6-8H,3-5H2,1-2H3;1H/t6-,7?;/m1./s1. The predicted octanol–water partition coefficient (Wildman–Crippen LogP) is 1.20. The van der Waals surface area contributed by atoms with Gasteiger partial charge in [-0.2, -0.15) is 0 Å². The average molecular weight is 166 g/mol. The van der Waals surface area contributed by atoms with Crippen LogP contribution in [0.2, 0.25) is 0 Å². The summed E-state index contributed by atoms with van der Waals surface area (Å²) in [7, 11) is 1.77. The van der Waals surface area contributed by atoms with Crippen molar-refractivity contribution in [2.75, 3.05) is 13.7 Å². The number of hydrogen-bond donors (Lipinski definition) is 1. The molecule has 1 aliphatic heterocycles. The Morgan fingerprint density at radius 2 is 2.30 bits per heavy atom. The van der Waals surface area contributed by atoms with Gasteiger partial charge in [-0.3, -0.25) is 0 Å². The molecular weight excluding hydrogens is 150 g/mol. The van der Waals surface area contributed by atoms with Gasteiger partial charge in [-0.15, -0.1) is 12.4 Å². The molecule has 1 N–H and O–H groups in total. The van der Waals surface area contributed by atoms with Crippen molar-refractivity contribution in [3.05, 3.63) is 0 Å². The zero-order valence-electron chi connectivity index (χ0n) is 6.59. The SMILES string of the molecule is CO[C@H](C)C1CCCN1.Cl. The van der Waals surface area contributed by atoms with Gasteiger partial charge < -0.3 is 10.1 Å². The second-order valence-electron chi connectivity index (χ2n) is 2.64. The molecule has 0 saturated carbocycles. The lowest BCUT2D eigenvalue weighted by Gasteiger charge is -2.16. The van der Waals surface area contributed by atoms with Gasteiger partial charge in [0.15, 0.2) is 0 Å². The van der Waals surface area contributed by atoms with E-state index in [-0.39, 0.29) is 12.4 Å². The molecule has 1 heterocycles. The quantitative estimate of drug-likeness (QED) is 0.664. The van der Waals surface area contributed by atoms with E-state index in [4.69, 9.17) is 4.74 Å². The van der Waals surface area contributed by atoms with E-state index in [9.17, 15) is 0 Å². The number of ether oxygens (including phenoxy) is 1. The van der Waals surface area contributed by atoms with Crippen LogP contribution < -0.4 is 5.32 Å². The first-order chi connectivity index (χ1) is 4.34. The van der Waals surface area contributed by atoms with Crippen molar-refractivity contribution < 1.29 is 4.74 Å². The predicted molar refractivity (Wildman–Crippen MR) is 44.7 cm³/mol. The van der Waals surface area contributed by atoms with Gasteiger partial charge in [0.2, 0.25) is 0 Å². The lowest BCUT2D eigenvalue weighted by molar-refractivity contribution is 0.0894. The van der Waals surface area contributed by atoms with Crippen LogP contribution in [0.5, 0.6) is 0 Å². The Balaban J connectivity index is 0.000000810. The third-order valence-electron chi connectivity index (χ3n) is 2.04. The van der Waals surface area contributed by atoms with Crippen LogP contribution in [0, 0.1) is 0 Å². The molecule has 2 atom stereocenters. The highest BCUT2D eigenvalue weighted by Crippen LogP contribution is 2.10. The number of nitrogens with one attached hydrogen (secondary N) is 1. The second kappa shape index (κ2) is 4.94. The second-order valence-corrected chi connectivity index (χ2v) is 2.64. The minimum Gasteiger partial charge on any atom is -0.380 e. The lowest BCUT2D eigenvalue weighted by atomic mass is 10.1. The lowest BCUT2D eigenvalue weighted by Crippen LogP contribution is -2.33. The van der Waals surface area contributed by atoms with Gasteiger partial charge in [-0.25, -0.2) is 0 Å². The van der Waals surface area contributed by atoms with Gasteiger partial charge in [0.25, 0.3) is 0 Å². The van der Waals surface area contributed by atoms with Gasteiger partial charge in [-0.1, -0.05) is 0 Å². The van der Waals surface area contributed by atoms with Crippen LogP contribution in [-0.2, 0) is 4.74 Å². The van der Waals surface area contributed by atoms with Gasteiger partial charge in [0, 0.05) is 13.2 Å². The monoisotopic (exact) mass is 165 g/mol. The number of rotatable bonds is 2. The molecule has 1 saturated heterocycles. The first-order valence-electron chi connectivity index (χ1n) is 3.61. The number of halogens is 1. The highest BCUT2D eigenvalue weighted by Gasteiger charge is 2.19. The van der Waals surface area contributed by atoms with Crippen LogP contribution in [0.3, 0.4) is 0 Å². The molecule has 0 aliphatic carbocycles. The van der Waals surface area contributed by atoms with E-state index in [2.05, 4.69) is 12.2 Å². The summed E-state index contributed by atoms with van der Waals surface area (Å²) in [6, 6.07) is 0.606. The highest BCUT2D eigenvalue weighted by molar-refractivity contribution is 5.85. The van der Waals surface area contributed by atoms with E-state index < -0.39 is 0 Å². The Kier molecular flexibility index (Phi) is 5.04. The van der Waals surface area contributed by atoms with E-state index in [1.807, 2.05) is 0 Å². The first kappa shape index (κ1) is 10.2. The highest BCUT2D eigenvalue weighted by atomic mass is 35.5. The van der Waals surface area contributed by atoms with Crippen LogP contribution >= 0.6 is 12.4 Å². The van der Waals surface area contributed by atoms with Crippen molar-refractivity contribution in [1.29, 1.82) is 0 Å². The molecule has 0 spiro atoms. The Labute approximate surface area is 68.7 Å². The topological polar surface area (TPSA) is 21.3 Å². The first-order valence-corrected chi connectivity index (χ1v) is 3.61. The molecule has 0 radical (unpaired) electrons. The van der Waals surface area contributed by atoms with Crippen molar-refractivity contribution in [2.24, 2.45) is 0 Å². The van der Waals surface area contributed by atoms with Gasteiger partial charge in [0.1, 0.15) is 0 Å². The van der Waals surface area contributed by atoms with Crippen molar-refractivity contribution in [3.8, 4) is 0 Å². The van der Waals surface area contributed by atoms with Crippen LogP contribution in [0.25, 0.3) is 0 Å². The maximum absolute atomic E-state index is 5.17. The Morgan fingerprint density at radius 3 is 2.70 bits per heavy atom. The molecule has 1 aliphatic rings. The summed E-state index contributed by atoms with van der Waals surface area (Å²) in [5.41, 5.74) is 0. The van der Waals surface area contributed by atoms with Crippen molar-refractivity contribution in [3.63, 3.8) is 0 Å². The van der Waals surface area contributed by atoms with E-state index in [1.165, 1.54) is 19.4 Å². The summed E-state index contributed by atoms with van der Waals surface area (Å²) < 4.78 is 5.17. The molecule has 0 aromatic heterocycles. The minimum atomic E-state index is 0. The van der Waals surface area contributed by atoms with E-state index in [1.54, 1.807) is 7.11 Å². The Morgan fingerprint density at radius 1 is 1.60 bits per heavy atom. The smallest absolute Gasteiger partial charge is 0.0696 e. The Hall–Kier alpha value is 0.210. The van der Waals surface area contributed by atoms with Crippen LogP contribution in [0.4, 0.5) is 0 Å². The van der Waals surface area contributed by atoms with Gasteiger partial charge in [0.05, 0.1) is 6.10 Å². The van der Waals surface area contributed by atoms with Crippen LogP contribution in [0.1, 0.15) is 19.8 Å². The van der Waals surface area contributed by atoms with E-state index in [0.29, 0.717) is 12.1 Å². The molecule has 0 aromatic carbocycles. The molecule has 3 heteroatoms. The fourth-order valence-corrected chi connectivity index (χ4v) is 1.28. The van der Waals surface area contributed by atoms with Crippen LogP contribution in [0.15, 0.2) is 0 Å². The molecule has 0 bridgehead atoms. The summed E-state index contributed by atoms with van der Waals surface area (Å²) in [6.45, 7) is 3.28. The summed E-state index contributed by atoms with van der Waals surface area (Å²) >= 11 is 0. The molecular formula is C7H16ClNO. The fraction of sp³-hybridized carbons (Fsp3) is 1.00. The number of methoxy groups -OCH3 is 1. The molecule has 1 unspecified atom stereocenters. The summed E-state index contributed by atoms with van der Waals surface area (Å²) in [4.78, 5) is 0. The van der Waals surface area contributed by atoms with E-state index >= 15 is 0 Å². The maximum atomic E-state index is 5.17. The minimum absolute atomic E-state index is 0. The molecule has 10 heavy (non-hydrogen) atoms. The largest absolute Gasteiger partial charge is 0.380 e. The van der Waals surface area contributed by atoms with Crippen molar-refractivity contribution >= 4 is 12.4 Å². The molecule has 0 aromatic rings. The van der Waals surface area contributed by atoms with Crippen LogP contribution in [-0.4, -0.2) is 25.8 Å².